The summed E-state index contributed by atoms with van der Waals surface area (Å²) in [5.41, 5.74) is 14.7. The molecule has 0 fully saturated rings. The topological polar surface area (TPSA) is 6.48 Å². The SMILES string of the molecule is Cc1ccc(N(c2ccc(C(C)C)cc2)c2c3ccc(C(C)(C)C)cc3c(N(c3ccc(C)cc3)c3ccc(C(C)C)cc3)c3ccc(C(C)(C)C)cc23)cc1. The van der Waals surface area contributed by atoms with Crippen molar-refractivity contribution in [3.63, 3.8) is 0 Å². The van der Waals surface area contributed by atoms with Crippen LogP contribution in [0.3, 0.4) is 0 Å². The second-order valence-corrected chi connectivity index (χ2v) is 18.6. The molecule has 0 saturated heterocycles. The molecule has 0 aliphatic heterocycles. The molecule has 0 saturated carbocycles. The van der Waals surface area contributed by atoms with Crippen LogP contribution in [-0.2, 0) is 10.8 Å². The summed E-state index contributed by atoms with van der Waals surface area (Å²) in [6.45, 7) is 27.3. The van der Waals surface area contributed by atoms with Crippen molar-refractivity contribution in [1.82, 2.24) is 0 Å². The molecule has 0 heterocycles. The van der Waals surface area contributed by atoms with Crippen molar-refractivity contribution in [3.8, 4) is 0 Å². The Morgan fingerprint density at radius 2 is 0.643 bits per heavy atom. The first kappa shape index (κ1) is 38.9. The van der Waals surface area contributed by atoms with E-state index in [1.807, 2.05) is 0 Å². The van der Waals surface area contributed by atoms with Gasteiger partial charge in [-0.25, -0.2) is 0 Å². The van der Waals surface area contributed by atoms with E-state index in [2.05, 4.69) is 226 Å². The lowest BCUT2D eigenvalue weighted by Crippen LogP contribution is -2.17. The Labute approximate surface area is 336 Å². The second-order valence-electron chi connectivity index (χ2n) is 18.6. The van der Waals surface area contributed by atoms with Crippen LogP contribution in [-0.4, -0.2) is 0 Å². The van der Waals surface area contributed by atoms with E-state index in [0.29, 0.717) is 11.8 Å². The van der Waals surface area contributed by atoms with E-state index in [9.17, 15) is 0 Å². The fourth-order valence-corrected chi connectivity index (χ4v) is 7.82. The third-order valence-corrected chi connectivity index (χ3v) is 11.5. The summed E-state index contributed by atoms with van der Waals surface area (Å²) in [5.74, 6) is 0.899. The average Bonchev–Trinajstić information content (AvgIpc) is 3.16. The lowest BCUT2D eigenvalue weighted by molar-refractivity contribution is 0.590. The van der Waals surface area contributed by atoms with Crippen LogP contribution in [0.2, 0.25) is 0 Å². The van der Waals surface area contributed by atoms with Crippen LogP contribution in [0.1, 0.15) is 114 Å². The van der Waals surface area contributed by atoms with Crippen molar-refractivity contribution in [2.75, 3.05) is 9.80 Å². The van der Waals surface area contributed by atoms with Crippen LogP contribution >= 0.6 is 0 Å². The summed E-state index contributed by atoms with van der Waals surface area (Å²) in [7, 11) is 0. The van der Waals surface area contributed by atoms with Crippen molar-refractivity contribution < 1.29 is 0 Å². The molecule has 2 nitrogen and oxygen atoms in total. The van der Waals surface area contributed by atoms with Gasteiger partial charge in [0.25, 0.3) is 0 Å². The van der Waals surface area contributed by atoms with E-state index in [1.54, 1.807) is 0 Å². The highest BCUT2D eigenvalue weighted by Crippen LogP contribution is 2.52. The predicted octanol–water partition coefficient (Wildman–Crippen LogP) is 16.4. The summed E-state index contributed by atoms with van der Waals surface area (Å²) in [6, 6.07) is 51.0. The van der Waals surface area contributed by atoms with Gasteiger partial charge in [-0.1, -0.05) is 153 Å². The predicted molar refractivity (Wildman–Crippen MR) is 246 cm³/mol. The molecule has 7 aromatic rings. The van der Waals surface area contributed by atoms with Crippen molar-refractivity contribution in [3.05, 3.63) is 167 Å². The third-order valence-electron chi connectivity index (χ3n) is 11.5. The molecule has 0 bridgehead atoms. The van der Waals surface area contributed by atoms with E-state index >= 15 is 0 Å². The zero-order chi connectivity index (χ0) is 40.1. The minimum atomic E-state index is -0.0480. The van der Waals surface area contributed by atoms with Gasteiger partial charge in [0.05, 0.1) is 11.4 Å². The van der Waals surface area contributed by atoms with E-state index in [1.165, 1.54) is 66.3 Å². The molecule has 7 aromatic carbocycles. The number of anilines is 6. The van der Waals surface area contributed by atoms with Gasteiger partial charge in [-0.15, -0.1) is 0 Å². The number of rotatable bonds is 8. The zero-order valence-corrected chi connectivity index (χ0v) is 35.8. The fourth-order valence-electron chi connectivity index (χ4n) is 7.82. The molecule has 0 radical (unpaired) electrons. The standard InChI is InChI=1S/C54H60N2/c1-35(2)39-17-27-45(28-18-39)55(43-23-13-37(5)14-24-43)51-47-31-21-42(54(10,11)12)34-50(47)52(48-32-22-41(33-49(48)51)53(7,8)9)56(44-25-15-38(6)16-26-44)46-29-19-40(20-30-46)36(3)4/h13-36H,1-12H3. The number of aryl methyl sites for hydroxylation is 2. The molecule has 7 rings (SSSR count). The first-order valence-corrected chi connectivity index (χ1v) is 20.5. The van der Waals surface area contributed by atoms with Gasteiger partial charge in [-0.3, -0.25) is 0 Å². The maximum absolute atomic E-state index is 2.51. The van der Waals surface area contributed by atoms with Crippen LogP contribution in [0.25, 0.3) is 21.5 Å². The van der Waals surface area contributed by atoms with Crippen LogP contribution < -0.4 is 9.80 Å². The summed E-state index contributed by atoms with van der Waals surface area (Å²) in [4.78, 5) is 5.02. The second kappa shape index (κ2) is 15.0. The molecule has 0 aliphatic carbocycles. The molecule has 0 atom stereocenters. The number of hydrogen-bond donors (Lipinski definition) is 0. The molecule has 0 spiro atoms. The van der Waals surface area contributed by atoms with Crippen molar-refractivity contribution in [2.24, 2.45) is 0 Å². The minimum Gasteiger partial charge on any atom is -0.309 e. The third kappa shape index (κ3) is 7.59. The fraction of sp³-hybridized carbons (Fsp3) is 0.296. The van der Waals surface area contributed by atoms with Gasteiger partial charge >= 0.3 is 0 Å². The number of benzene rings is 7. The Bertz CT molecular complexity index is 2290. The van der Waals surface area contributed by atoms with Gasteiger partial charge in [-0.05, 0) is 119 Å². The smallest absolute Gasteiger partial charge is 0.0620 e. The van der Waals surface area contributed by atoms with E-state index in [-0.39, 0.29) is 10.8 Å². The Morgan fingerprint density at radius 1 is 0.357 bits per heavy atom. The molecule has 0 aromatic heterocycles. The maximum Gasteiger partial charge on any atom is 0.0620 e. The summed E-state index contributed by atoms with van der Waals surface area (Å²) >= 11 is 0. The molecular weight excluding hydrogens is 677 g/mol. The van der Waals surface area contributed by atoms with Crippen LogP contribution in [0.4, 0.5) is 34.1 Å². The number of hydrogen-bond acceptors (Lipinski definition) is 2. The largest absolute Gasteiger partial charge is 0.309 e. The normalized spacial score (nSPS) is 12.2. The molecule has 2 heteroatoms. The van der Waals surface area contributed by atoms with Gasteiger partial charge in [-0.2, -0.15) is 0 Å². The molecule has 0 N–H and O–H groups in total. The monoisotopic (exact) mass is 736 g/mol. The van der Waals surface area contributed by atoms with Crippen molar-refractivity contribution in [2.45, 2.75) is 106 Å². The van der Waals surface area contributed by atoms with Gasteiger partial charge < -0.3 is 9.80 Å². The van der Waals surface area contributed by atoms with Crippen LogP contribution in [0.15, 0.2) is 133 Å². The first-order chi connectivity index (χ1) is 26.5. The quantitative estimate of drug-likeness (QED) is 0.113. The van der Waals surface area contributed by atoms with Gasteiger partial charge in [0.2, 0.25) is 0 Å². The summed E-state index contributed by atoms with van der Waals surface area (Å²) < 4.78 is 0. The van der Waals surface area contributed by atoms with Crippen LogP contribution in [0, 0.1) is 13.8 Å². The van der Waals surface area contributed by atoms with Gasteiger partial charge in [0.1, 0.15) is 0 Å². The van der Waals surface area contributed by atoms with Crippen molar-refractivity contribution >= 4 is 55.7 Å². The van der Waals surface area contributed by atoms with E-state index in [4.69, 9.17) is 0 Å². The Hall–Kier alpha value is -5.34. The lowest BCUT2D eigenvalue weighted by atomic mass is 9.82. The molecular formula is C54H60N2. The lowest BCUT2D eigenvalue weighted by Gasteiger charge is -2.34. The Balaban J connectivity index is 1.69. The molecule has 56 heavy (non-hydrogen) atoms. The van der Waals surface area contributed by atoms with Crippen molar-refractivity contribution in [1.29, 1.82) is 0 Å². The number of fused-ring (bicyclic) bond motifs is 2. The Kier molecular flexibility index (Phi) is 10.4. The highest BCUT2D eigenvalue weighted by molar-refractivity contribution is 6.23. The highest BCUT2D eigenvalue weighted by atomic mass is 15.2. The average molecular weight is 737 g/mol. The molecule has 0 aliphatic rings. The Morgan fingerprint density at radius 3 is 0.911 bits per heavy atom. The molecule has 0 amide bonds. The summed E-state index contributed by atoms with van der Waals surface area (Å²) in [6.07, 6.45) is 0. The van der Waals surface area contributed by atoms with E-state index in [0.717, 1.165) is 22.7 Å². The van der Waals surface area contributed by atoms with Gasteiger partial charge in [0.15, 0.2) is 0 Å². The van der Waals surface area contributed by atoms with Crippen LogP contribution in [0.5, 0.6) is 0 Å². The maximum atomic E-state index is 2.51. The summed E-state index contributed by atoms with van der Waals surface area (Å²) in [5, 5.41) is 4.90. The first-order valence-electron chi connectivity index (χ1n) is 20.5. The highest BCUT2D eigenvalue weighted by Gasteiger charge is 2.28. The molecule has 0 unspecified atom stereocenters. The zero-order valence-electron chi connectivity index (χ0n) is 35.8. The molecule has 286 valence electrons. The minimum absolute atomic E-state index is 0.0480. The van der Waals surface area contributed by atoms with Gasteiger partial charge in [0, 0.05) is 44.3 Å². The van der Waals surface area contributed by atoms with E-state index < -0.39 is 0 Å². The number of nitrogens with zero attached hydrogens (tertiary/aromatic N) is 2.